The third-order valence-corrected chi connectivity index (χ3v) is 5.58. The largest absolute Gasteiger partial charge is 0.378 e. The molecule has 1 N–H and O–H groups in total. The number of hydrogen-bond donors (Lipinski definition) is 1. The van der Waals surface area contributed by atoms with Crippen molar-refractivity contribution in [3.05, 3.63) is 49.0 Å². The van der Waals surface area contributed by atoms with Crippen LogP contribution in [0.25, 0.3) is 0 Å². The fourth-order valence-electron chi connectivity index (χ4n) is 2.61. The van der Waals surface area contributed by atoms with Crippen LogP contribution in [0.2, 0.25) is 0 Å². The highest BCUT2D eigenvalue weighted by Crippen LogP contribution is 2.38. The predicted molar refractivity (Wildman–Crippen MR) is 87.5 cm³/mol. The van der Waals surface area contributed by atoms with E-state index >= 15 is 0 Å². The van der Waals surface area contributed by atoms with Crippen LogP contribution in [0.5, 0.6) is 0 Å². The first kappa shape index (κ1) is 13.4. The molecule has 0 saturated carbocycles. The lowest BCUT2D eigenvalue weighted by atomic mass is 9.93. The lowest BCUT2D eigenvalue weighted by molar-refractivity contribution is 0.604. The first-order valence-corrected chi connectivity index (χ1v) is 8.34. The second-order valence-corrected chi connectivity index (χ2v) is 8.01. The molecular formula is C15H15FINS. The maximum Gasteiger partial charge on any atom is 0.125 e. The van der Waals surface area contributed by atoms with Gasteiger partial charge in [-0.3, -0.25) is 0 Å². The molecule has 1 nitrogen and oxygen atoms in total. The summed E-state index contributed by atoms with van der Waals surface area (Å²) in [5.74, 6) is -0.177. The van der Waals surface area contributed by atoms with Gasteiger partial charge in [-0.2, -0.15) is 0 Å². The second kappa shape index (κ2) is 5.40. The number of thiophene rings is 1. The van der Waals surface area contributed by atoms with E-state index in [4.69, 9.17) is 0 Å². The third-order valence-electron chi connectivity index (χ3n) is 3.61. The zero-order valence-corrected chi connectivity index (χ0v) is 13.6. The van der Waals surface area contributed by atoms with Crippen molar-refractivity contribution in [1.29, 1.82) is 0 Å². The van der Waals surface area contributed by atoms with E-state index in [1.54, 1.807) is 6.07 Å². The summed E-state index contributed by atoms with van der Waals surface area (Å²) in [6.07, 6.45) is 3.51. The Morgan fingerprint density at radius 2 is 2.21 bits per heavy atom. The van der Waals surface area contributed by atoms with Crippen molar-refractivity contribution in [1.82, 2.24) is 0 Å². The van der Waals surface area contributed by atoms with Gasteiger partial charge in [-0.25, -0.2) is 4.39 Å². The van der Waals surface area contributed by atoms with Crippen LogP contribution in [0, 0.1) is 15.6 Å². The summed E-state index contributed by atoms with van der Waals surface area (Å²) in [5.41, 5.74) is 3.42. The molecule has 0 radical (unpaired) electrons. The molecule has 1 aromatic heterocycles. The van der Waals surface area contributed by atoms with Gasteiger partial charge in [0.05, 0.1) is 8.93 Å². The van der Waals surface area contributed by atoms with Gasteiger partial charge in [0.15, 0.2) is 0 Å². The van der Waals surface area contributed by atoms with E-state index in [2.05, 4.69) is 34.0 Å². The Morgan fingerprint density at radius 3 is 3.05 bits per heavy atom. The maximum atomic E-state index is 13.4. The van der Waals surface area contributed by atoms with Crippen molar-refractivity contribution in [3.8, 4) is 0 Å². The lowest BCUT2D eigenvalue weighted by Crippen LogP contribution is -2.16. The molecular weight excluding hydrogens is 372 g/mol. The Balaban J connectivity index is 1.90. The number of anilines is 1. The molecule has 0 fully saturated rings. The van der Waals surface area contributed by atoms with Crippen LogP contribution in [-0.2, 0) is 6.42 Å². The van der Waals surface area contributed by atoms with Crippen LogP contribution in [0.3, 0.4) is 0 Å². The molecule has 1 atom stereocenters. The van der Waals surface area contributed by atoms with Crippen molar-refractivity contribution >= 4 is 39.6 Å². The normalized spacial score (nSPS) is 18.2. The topological polar surface area (TPSA) is 12.0 Å². The summed E-state index contributed by atoms with van der Waals surface area (Å²) in [6, 6.07) is 7.54. The highest BCUT2D eigenvalue weighted by Gasteiger charge is 2.22. The Morgan fingerprint density at radius 1 is 1.37 bits per heavy atom. The summed E-state index contributed by atoms with van der Waals surface area (Å²) in [4.78, 5) is 1.49. The highest BCUT2D eigenvalue weighted by atomic mass is 127. The van der Waals surface area contributed by atoms with E-state index in [1.807, 2.05) is 24.3 Å². The first-order chi connectivity index (χ1) is 9.13. The highest BCUT2D eigenvalue weighted by molar-refractivity contribution is 14.1. The van der Waals surface area contributed by atoms with Crippen LogP contribution in [-0.4, -0.2) is 0 Å². The molecule has 1 heterocycles. The van der Waals surface area contributed by atoms with Crippen molar-refractivity contribution in [2.45, 2.75) is 32.2 Å². The maximum absolute atomic E-state index is 13.4. The molecule has 0 amide bonds. The van der Waals surface area contributed by atoms with Gasteiger partial charge in [0.1, 0.15) is 5.82 Å². The van der Waals surface area contributed by atoms with Crippen LogP contribution in [0.1, 0.15) is 34.9 Å². The molecule has 19 heavy (non-hydrogen) atoms. The number of fused-ring (bicyclic) bond motifs is 1. The average Bonchev–Trinajstić information content (AvgIpc) is 2.75. The summed E-state index contributed by atoms with van der Waals surface area (Å²) >= 11 is 4.27. The molecule has 3 rings (SSSR count). The quantitative estimate of drug-likeness (QED) is 0.691. The minimum Gasteiger partial charge on any atom is -0.378 e. The van der Waals surface area contributed by atoms with Gasteiger partial charge < -0.3 is 5.32 Å². The van der Waals surface area contributed by atoms with Crippen molar-refractivity contribution in [2.75, 3.05) is 5.32 Å². The predicted octanol–water partition coefficient (Wildman–Crippen LogP) is 5.29. The van der Waals surface area contributed by atoms with Crippen LogP contribution in [0.15, 0.2) is 24.3 Å². The van der Waals surface area contributed by atoms with Crippen LogP contribution >= 0.6 is 33.9 Å². The average molecular weight is 387 g/mol. The van der Waals surface area contributed by atoms with Gasteiger partial charge in [0.25, 0.3) is 0 Å². The zero-order valence-electron chi connectivity index (χ0n) is 10.7. The lowest BCUT2D eigenvalue weighted by Gasteiger charge is -2.25. The van der Waals surface area contributed by atoms with Gasteiger partial charge in [-0.05, 0) is 78.1 Å². The monoisotopic (exact) mass is 387 g/mol. The zero-order chi connectivity index (χ0) is 13.4. The summed E-state index contributed by atoms with van der Waals surface area (Å²) in [5, 5.41) is 3.52. The van der Waals surface area contributed by atoms with Crippen LogP contribution < -0.4 is 5.32 Å². The number of halogens is 2. The van der Waals surface area contributed by atoms with E-state index in [0.717, 1.165) is 17.7 Å². The van der Waals surface area contributed by atoms with E-state index in [0.29, 0.717) is 6.04 Å². The molecule has 2 aromatic rings. The Hall–Kier alpha value is -0.620. The molecule has 1 unspecified atom stereocenters. The molecule has 100 valence electrons. The molecule has 1 aliphatic rings. The molecule has 0 bridgehead atoms. The minimum absolute atomic E-state index is 0.177. The van der Waals surface area contributed by atoms with E-state index in [-0.39, 0.29) is 5.82 Å². The summed E-state index contributed by atoms with van der Waals surface area (Å²) in [6.45, 7) is 2.02. The van der Waals surface area contributed by atoms with Gasteiger partial charge in [0.2, 0.25) is 0 Å². The van der Waals surface area contributed by atoms with Gasteiger partial charge >= 0.3 is 0 Å². The third kappa shape index (κ3) is 2.79. The SMILES string of the molecule is Cc1ccc(F)cc1NC1CCCc2sc(I)cc21. The molecule has 4 heteroatoms. The van der Waals surface area contributed by atoms with E-state index in [1.165, 1.54) is 32.2 Å². The Labute approximate surface area is 130 Å². The molecule has 1 aliphatic carbocycles. The van der Waals surface area contributed by atoms with E-state index < -0.39 is 0 Å². The molecule has 0 aliphatic heterocycles. The minimum atomic E-state index is -0.177. The number of aryl methyl sites for hydroxylation is 2. The first-order valence-electron chi connectivity index (χ1n) is 6.44. The molecule has 1 aromatic carbocycles. The van der Waals surface area contributed by atoms with E-state index in [9.17, 15) is 4.39 Å². The second-order valence-electron chi connectivity index (χ2n) is 4.98. The molecule has 0 spiro atoms. The number of benzene rings is 1. The van der Waals surface area contributed by atoms with Crippen molar-refractivity contribution in [2.24, 2.45) is 0 Å². The number of rotatable bonds is 2. The fourth-order valence-corrected chi connectivity index (χ4v) is 4.73. The standard InChI is InChI=1S/C15H15FINS/c1-9-5-6-10(16)7-13(9)18-12-3-2-4-14-11(12)8-15(17)19-14/h5-8,12,18H,2-4H2,1H3. The summed E-state index contributed by atoms with van der Waals surface area (Å²) in [7, 11) is 0. The van der Waals surface area contributed by atoms with Gasteiger partial charge in [-0.15, -0.1) is 11.3 Å². The Bertz CT molecular complexity index is 608. The summed E-state index contributed by atoms with van der Waals surface area (Å²) < 4.78 is 14.7. The van der Waals surface area contributed by atoms with Crippen LogP contribution in [0.4, 0.5) is 10.1 Å². The van der Waals surface area contributed by atoms with Crippen molar-refractivity contribution in [3.63, 3.8) is 0 Å². The number of hydrogen-bond acceptors (Lipinski definition) is 2. The number of nitrogens with one attached hydrogen (secondary N) is 1. The molecule has 0 saturated heterocycles. The Kier molecular flexibility index (Phi) is 3.80. The van der Waals surface area contributed by atoms with Gasteiger partial charge in [0, 0.05) is 10.6 Å². The fraction of sp³-hybridized carbons (Fsp3) is 0.333. The smallest absolute Gasteiger partial charge is 0.125 e. The van der Waals surface area contributed by atoms with Crippen molar-refractivity contribution < 1.29 is 4.39 Å². The van der Waals surface area contributed by atoms with Gasteiger partial charge in [-0.1, -0.05) is 6.07 Å².